The molecule has 1 spiro atoms. The van der Waals surface area contributed by atoms with Crippen molar-refractivity contribution in [1.29, 1.82) is 0 Å². The van der Waals surface area contributed by atoms with E-state index in [1.807, 2.05) is 6.92 Å². The van der Waals surface area contributed by atoms with Gasteiger partial charge in [0.1, 0.15) is 11.6 Å². The minimum atomic E-state index is -0.408. The number of hydrogen-bond acceptors (Lipinski definition) is 5. The van der Waals surface area contributed by atoms with Gasteiger partial charge >= 0.3 is 0 Å². The largest absolute Gasteiger partial charge is 0.351 e. The fourth-order valence-electron chi connectivity index (χ4n) is 2.91. The van der Waals surface area contributed by atoms with Gasteiger partial charge < -0.3 is 14.4 Å². The Balaban J connectivity index is 1.84. The zero-order valence-corrected chi connectivity index (χ0v) is 12.6. The predicted octanol–water partition coefficient (Wildman–Crippen LogP) is 2.25. The van der Waals surface area contributed by atoms with E-state index >= 15 is 0 Å². The van der Waals surface area contributed by atoms with E-state index in [1.165, 1.54) is 0 Å². The number of aromatic nitrogens is 2. The molecule has 0 bridgehead atoms. The van der Waals surface area contributed by atoms with Crippen LogP contribution < -0.4 is 4.90 Å². The molecule has 0 aliphatic carbocycles. The molecule has 2 aliphatic heterocycles. The first-order valence-corrected chi connectivity index (χ1v) is 7.46. The van der Waals surface area contributed by atoms with Crippen molar-refractivity contribution in [3.63, 3.8) is 0 Å². The average Bonchev–Trinajstić information content (AvgIpc) is 2.86. The number of ether oxygens (including phenoxy) is 2. The van der Waals surface area contributed by atoms with Crippen molar-refractivity contribution in [2.24, 2.45) is 0 Å². The zero-order valence-electron chi connectivity index (χ0n) is 12.6. The second-order valence-electron chi connectivity index (χ2n) is 6.01. The van der Waals surface area contributed by atoms with Crippen molar-refractivity contribution < 1.29 is 9.47 Å². The minimum absolute atomic E-state index is 0.339. The molecule has 1 aromatic heterocycles. The number of nitrogens with zero attached hydrogens (tertiary/aromatic N) is 3. The maximum Gasteiger partial charge on any atom is 0.186 e. The molecule has 5 nitrogen and oxygen atoms in total. The summed E-state index contributed by atoms with van der Waals surface area (Å²) in [7, 11) is 0. The second kappa shape index (κ2) is 5.30. The molecule has 1 aromatic rings. The summed E-state index contributed by atoms with van der Waals surface area (Å²) in [4.78, 5) is 11.5. The van der Waals surface area contributed by atoms with Gasteiger partial charge in [0.05, 0.1) is 19.8 Å². The van der Waals surface area contributed by atoms with Crippen molar-refractivity contribution in [2.45, 2.75) is 45.3 Å². The molecule has 2 aliphatic rings. The van der Waals surface area contributed by atoms with Crippen LogP contribution in [0.2, 0.25) is 0 Å². The highest BCUT2D eigenvalue weighted by Crippen LogP contribution is 2.32. The van der Waals surface area contributed by atoms with E-state index in [0.717, 1.165) is 43.3 Å². The van der Waals surface area contributed by atoms with E-state index in [-0.39, 0.29) is 0 Å². The van der Waals surface area contributed by atoms with E-state index in [2.05, 4.69) is 29.8 Å². The van der Waals surface area contributed by atoms with Crippen LogP contribution in [0, 0.1) is 6.92 Å². The molecule has 0 N–H and O–H groups in total. The van der Waals surface area contributed by atoms with Gasteiger partial charge in [-0.3, -0.25) is 0 Å². The highest BCUT2D eigenvalue weighted by molar-refractivity contribution is 5.41. The number of anilines is 1. The van der Waals surface area contributed by atoms with Gasteiger partial charge in [0.25, 0.3) is 0 Å². The van der Waals surface area contributed by atoms with Crippen LogP contribution in [0.3, 0.4) is 0 Å². The molecule has 20 heavy (non-hydrogen) atoms. The van der Waals surface area contributed by atoms with Crippen LogP contribution in [-0.4, -0.2) is 42.1 Å². The van der Waals surface area contributed by atoms with Crippen LogP contribution in [-0.2, 0) is 9.47 Å². The maximum absolute atomic E-state index is 5.83. The molecule has 3 rings (SSSR count). The fourth-order valence-corrected chi connectivity index (χ4v) is 2.91. The molecule has 0 saturated carbocycles. The van der Waals surface area contributed by atoms with Crippen LogP contribution in [0.4, 0.5) is 5.82 Å². The number of aryl methyl sites for hydroxylation is 1. The van der Waals surface area contributed by atoms with Crippen LogP contribution in [0.25, 0.3) is 0 Å². The van der Waals surface area contributed by atoms with Gasteiger partial charge in [0.15, 0.2) is 5.79 Å². The zero-order chi connectivity index (χ0) is 14.2. The molecule has 0 atom stereocenters. The van der Waals surface area contributed by atoms with Crippen molar-refractivity contribution in [1.82, 2.24) is 9.97 Å². The van der Waals surface area contributed by atoms with Gasteiger partial charge in [-0.1, -0.05) is 13.8 Å². The Kier molecular flexibility index (Phi) is 3.65. The normalized spacial score (nSPS) is 21.9. The Labute approximate surface area is 120 Å². The van der Waals surface area contributed by atoms with Crippen LogP contribution >= 0.6 is 0 Å². The molecular formula is C15H23N3O2. The van der Waals surface area contributed by atoms with Crippen molar-refractivity contribution in [3.05, 3.63) is 17.6 Å². The Bertz CT molecular complexity index is 484. The summed E-state index contributed by atoms with van der Waals surface area (Å²) in [5.74, 6) is 1.84. The minimum Gasteiger partial charge on any atom is -0.351 e. The number of piperidine rings is 1. The first-order valence-electron chi connectivity index (χ1n) is 7.46. The third-order valence-corrected chi connectivity index (χ3v) is 3.93. The highest BCUT2D eigenvalue weighted by Gasteiger charge is 2.41. The molecule has 110 valence electrons. The fraction of sp³-hybridized carbons (Fsp3) is 0.733. The third kappa shape index (κ3) is 2.65. The van der Waals surface area contributed by atoms with Crippen molar-refractivity contribution in [2.75, 3.05) is 31.2 Å². The van der Waals surface area contributed by atoms with E-state index in [9.17, 15) is 0 Å². The topological polar surface area (TPSA) is 47.5 Å². The van der Waals surface area contributed by atoms with Crippen LogP contribution in [0.15, 0.2) is 6.07 Å². The summed E-state index contributed by atoms with van der Waals surface area (Å²) >= 11 is 0. The van der Waals surface area contributed by atoms with Gasteiger partial charge in [0, 0.05) is 30.6 Å². The lowest BCUT2D eigenvalue weighted by Gasteiger charge is -2.39. The molecular weight excluding hydrogens is 254 g/mol. The molecule has 2 fully saturated rings. The molecule has 0 aromatic carbocycles. The monoisotopic (exact) mass is 277 g/mol. The van der Waals surface area contributed by atoms with Crippen molar-refractivity contribution >= 4 is 5.82 Å². The lowest BCUT2D eigenvalue weighted by molar-refractivity contribution is -0.161. The van der Waals surface area contributed by atoms with Crippen LogP contribution in [0.1, 0.15) is 44.1 Å². The Morgan fingerprint density at radius 1 is 1.25 bits per heavy atom. The lowest BCUT2D eigenvalue weighted by atomic mass is 10.0. The Morgan fingerprint density at radius 2 is 2.00 bits per heavy atom. The standard InChI is InChI=1S/C15H23N3O2/c1-11(2)14-16-12(3)9-13(17-14)18-6-4-5-15(10-18)19-7-8-20-15/h9,11H,4-8,10H2,1-3H3. The summed E-state index contributed by atoms with van der Waals surface area (Å²) in [6.07, 6.45) is 2.05. The van der Waals surface area contributed by atoms with E-state index in [0.29, 0.717) is 19.1 Å². The Hall–Kier alpha value is -1.20. The molecule has 5 heteroatoms. The van der Waals surface area contributed by atoms with Crippen molar-refractivity contribution in [3.8, 4) is 0 Å². The third-order valence-electron chi connectivity index (χ3n) is 3.93. The van der Waals surface area contributed by atoms with Gasteiger partial charge in [0.2, 0.25) is 0 Å². The quantitative estimate of drug-likeness (QED) is 0.830. The van der Waals surface area contributed by atoms with Crippen LogP contribution in [0.5, 0.6) is 0 Å². The van der Waals surface area contributed by atoms with E-state index in [4.69, 9.17) is 14.5 Å². The molecule has 2 saturated heterocycles. The first kappa shape index (κ1) is 13.8. The lowest BCUT2D eigenvalue weighted by Crippen LogP contribution is -2.49. The molecule has 0 amide bonds. The summed E-state index contributed by atoms with van der Waals surface area (Å²) in [5.41, 5.74) is 1.02. The van der Waals surface area contributed by atoms with Gasteiger partial charge in [-0.2, -0.15) is 0 Å². The van der Waals surface area contributed by atoms with E-state index < -0.39 is 5.79 Å². The smallest absolute Gasteiger partial charge is 0.186 e. The number of rotatable bonds is 2. The van der Waals surface area contributed by atoms with E-state index in [1.54, 1.807) is 0 Å². The predicted molar refractivity (Wildman–Crippen MR) is 76.9 cm³/mol. The number of hydrogen-bond donors (Lipinski definition) is 0. The molecule has 0 unspecified atom stereocenters. The molecule has 0 radical (unpaired) electrons. The Morgan fingerprint density at radius 3 is 2.70 bits per heavy atom. The van der Waals surface area contributed by atoms with Gasteiger partial charge in [-0.05, 0) is 13.3 Å². The SMILES string of the molecule is Cc1cc(N2CCCC3(C2)OCCO3)nc(C(C)C)n1. The van der Waals surface area contributed by atoms with Gasteiger partial charge in [-0.15, -0.1) is 0 Å². The second-order valence-corrected chi connectivity index (χ2v) is 6.01. The average molecular weight is 277 g/mol. The summed E-state index contributed by atoms with van der Waals surface area (Å²) in [6, 6.07) is 2.06. The summed E-state index contributed by atoms with van der Waals surface area (Å²) in [6.45, 7) is 9.45. The molecule has 3 heterocycles. The summed E-state index contributed by atoms with van der Waals surface area (Å²) < 4.78 is 11.7. The summed E-state index contributed by atoms with van der Waals surface area (Å²) in [5, 5.41) is 0. The first-order chi connectivity index (χ1) is 9.58. The highest BCUT2D eigenvalue weighted by atomic mass is 16.7. The maximum atomic E-state index is 5.83. The van der Waals surface area contributed by atoms with Gasteiger partial charge in [-0.25, -0.2) is 9.97 Å².